The number of hydrogen-bond acceptors (Lipinski definition) is 1. The van der Waals surface area contributed by atoms with Crippen LogP contribution in [-0.2, 0) is 0 Å². The number of hydrogen-bond donors (Lipinski definition) is 1. The van der Waals surface area contributed by atoms with E-state index in [1.165, 1.54) is 38.8 Å². The molecule has 2 fully saturated rings. The second kappa shape index (κ2) is 1.47. The van der Waals surface area contributed by atoms with Crippen LogP contribution in [0.2, 0.25) is 0 Å². The van der Waals surface area contributed by atoms with Crippen LogP contribution in [-0.4, -0.2) is 13.1 Å². The molecular weight excluding hydrogens is 98.1 g/mol. The molecule has 1 saturated carbocycles. The van der Waals surface area contributed by atoms with E-state index in [0.717, 1.165) is 5.41 Å². The Morgan fingerprint density at radius 2 is 2.00 bits per heavy atom. The van der Waals surface area contributed by atoms with E-state index in [2.05, 4.69) is 5.32 Å². The molecule has 0 amide bonds. The van der Waals surface area contributed by atoms with E-state index < -0.39 is 0 Å². The van der Waals surface area contributed by atoms with Gasteiger partial charge in [0.1, 0.15) is 0 Å². The van der Waals surface area contributed by atoms with Gasteiger partial charge in [-0.1, -0.05) is 0 Å². The predicted molar refractivity (Wildman–Crippen MR) is 33.8 cm³/mol. The summed E-state index contributed by atoms with van der Waals surface area (Å²) in [5.74, 6) is 0. The molecule has 1 aliphatic heterocycles. The SMILES string of the molecule is C1CNCC2(C1)CC2. The van der Waals surface area contributed by atoms with E-state index in [-0.39, 0.29) is 0 Å². The number of nitrogens with one attached hydrogen (secondary N) is 1. The Morgan fingerprint density at radius 3 is 2.38 bits per heavy atom. The second-order valence-corrected chi connectivity index (χ2v) is 3.28. The molecule has 1 heterocycles. The molecule has 0 aromatic carbocycles. The average Bonchev–Trinajstić information content (AvgIpc) is 2.52. The zero-order valence-corrected chi connectivity index (χ0v) is 5.24. The molecule has 1 N–H and O–H groups in total. The van der Waals surface area contributed by atoms with E-state index in [9.17, 15) is 0 Å². The topological polar surface area (TPSA) is 12.0 Å². The first-order chi connectivity index (χ1) is 3.91. The molecule has 0 bridgehead atoms. The fourth-order valence-electron chi connectivity index (χ4n) is 1.63. The highest BCUT2D eigenvalue weighted by Crippen LogP contribution is 2.49. The van der Waals surface area contributed by atoms with Gasteiger partial charge in [-0.15, -0.1) is 0 Å². The number of rotatable bonds is 0. The van der Waals surface area contributed by atoms with Gasteiger partial charge in [-0.25, -0.2) is 0 Å². The van der Waals surface area contributed by atoms with Gasteiger partial charge in [-0.05, 0) is 37.6 Å². The van der Waals surface area contributed by atoms with Gasteiger partial charge in [0.2, 0.25) is 0 Å². The normalized spacial score (nSPS) is 33.0. The maximum Gasteiger partial charge on any atom is 0.000782 e. The van der Waals surface area contributed by atoms with Crippen molar-refractivity contribution in [3.05, 3.63) is 0 Å². The Bertz CT molecular complexity index is 86.6. The van der Waals surface area contributed by atoms with Crippen molar-refractivity contribution in [3.8, 4) is 0 Å². The minimum atomic E-state index is 0.818. The summed E-state index contributed by atoms with van der Waals surface area (Å²) in [4.78, 5) is 0. The summed E-state index contributed by atoms with van der Waals surface area (Å²) >= 11 is 0. The van der Waals surface area contributed by atoms with E-state index >= 15 is 0 Å². The smallest absolute Gasteiger partial charge is 0.000782 e. The summed E-state index contributed by atoms with van der Waals surface area (Å²) in [5.41, 5.74) is 0.818. The van der Waals surface area contributed by atoms with Gasteiger partial charge in [-0.2, -0.15) is 0 Å². The maximum atomic E-state index is 3.44. The third-order valence-corrected chi connectivity index (χ3v) is 2.52. The van der Waals surface area contributed by atoms with Gasteiger partial charge in [0.15, 0.2) is 0 Å². The highest BCUT2D eigenvalue weighted by Gasteiger charge is 2.42. The average molecular weight is 111 g/mol. The van der Waals surface area contributed by atoms with Crippen molar-refractivity contribution in [2.45, 2.75) is 25.7 Å². The third kappa shape index (κ3) is 0.655. The molecule has 0 atom stereocenters. The van der Waals surface area contributed by atoms with Gasteiger partial charge in [0.05, 0.1) is 0 Å². The molecule has 0 aromatic rings. The van der Waals surface area contributed by atoms with Gasteiger partial charge in [0, 0.05) is 6.54 Å². The first-order valence-electron chi connectivity index (χ1n) is 3.62. The molecule has 1 spiro atoms. The molecule has 8 heavy (non-hydrogen) atoms. The van der Waals surface area contributed by atoms with Crippen LogP contribution in [0.1, 0.15) is 25.7 Å². The predicted octanol–water partition coefficient (Wildman–Crippen LogP) is 1.15. The summed E-state index contributed by atoms with van der Waals surface area (Å²) in [6.07, 6.45) is 5.92. The molecule has 1 heteroatoms. The Kier molecular flexibility index (Phi) is 0.884. The minimum absolute atomic E-state index is 0.818. The molecule has 0 aromatic heterocycles. The van der Waals surface area contributed by atoms with Gasteiger partial charge < -0.3 is 5.32 Å². The lowest BCUT2D eigenvalue weighted by atomic mass is 9.97. The Morgan fingerprint density at radius 1 is 1.12 bits per heavy atom. The largest absolute Gasteiger partial charge is 0.316 e. The molecular formula is C7H13N. The van der Waals surface area contributed by atoms with Gasteiger partial charge >= 0.3 is 0 Å². The second-order valence-electron chi connectivity index (χ2n) is 3.28. The molecule has 0 radical (unpaired) electrons. The first kappa shape index (κ1) is 4.80. The summed E-state index contributed by atoms with van der Waals surface area (Å²) in [5, 5.41) is 3.44. The lowest BCUT2D eigenvalue weighted by Gasteiger charge is -2.21. The molecule has 1 aliphatic carbocycles. The first-order valence-corrected chi connectivity index (χ1v) is 3.62. The van der Waals surface area contributed by atoms with Crippen LogP contribution in [0.15, 0.2) is 0 Å². The van der Waals surface area contributed by atoms with Crippen LogP contribution in [0.4, 0.5) is 0 Å². The molecule has 1 saturated heterocycles. The van der Waals surface area contributed by atoms with Crippen LogP contribution in [0.3, 0.4) is 0 Å². The monoisotopic (exact) mass is 111 g/mol. The minimum Gasteiger partial charge on any atom is -0.316 e. The van der Waals surface area contributed by atoms with E-state index in [0.29, 0.717) is 0 Å². The quantitative estimate of drug-likeness (QED) is 0.494. The van der Waals surface area contributed by atoms with Crippen molar-refractivity contribution >= 4 is 0 Å². The van der Waals surface area contributed by atoms with Crippen molar-refractivity contribution in [3.63, 3.8) is 0 Å². The lowest BCUT2D eigenvalue weighted by Crippen LogP contribution is -2.30. The van der Waals surface area contributed by atoms with Crippen molar-refractivity contribution in [1.29, 1.82) is 0 Å². The fraction of sp³-hybridized carbons (Fsp3) is 1.00. The molecule has 0 unspecified atom stereocenters. The lowest BCUT2D eigenvalue weighted by molar-refractivity contribution is 0.358. The summed E-state index contributed by atoms with van der Waals surface area (Å²) in [7, 11) is 0. The maximum absolute atomic E-state index is 3.44. The van der Waals surface area contributed by atoms with E-state index in [1.54, 1.807) is 0 Å². The van der Waals surface area contributed by atoms with Gasteiger partial charge in [-0.3, -0.25) is 0 Å². The number of piperidine rings is 1. The Hall–Kier alpha value is -0.0400. The zero-order valence-electron chi connectivity index (χ0n) is 5.24. The Balaban J connectivity index is 1.95. The van der Waals surface area contributed by atoms with Crippen LogP contribution in [0, 0.1) is 5.41 Å². The highest BCUT2D eigenvalue weighted by molar-refractivity contribution is 4.96. The third-order valence-electron chi connectivity index (χ3n) is 2.52. The van der Waals surface area contributed by atoms with Crippen LogP contribution in [0.5, 0.6) is 0 Å². The van der Waals surface area contributed by atoms with E-state index in [4.69, 9.17) is 0 Å². The van der Waals surface area contributed by atoms with Crippen molar-refractivity contribution in [2.75, 3.05) is 13.1 Å². The van der Waals surface area contributed by atoms with Crippen molar-refractivity contribution in [1.82, 2.24) is 5.32 Å². The highest BCUT2D eigenvalue weighted by atomic mass is 14.9. The van der Waals surface area contributed by atoms with Crippen molar-refractivity contribution in [2.24, 2.45) is 5.41 Å². The summed E-state index contributed by atoms with van der Waals surface area (Å²) in [6.45, 7) is 2.58. The van der Waals surface area contributed by atoms with E-state index in [1.807, 2.05) is 0 Å². The standard InChI is InChI=1S/C7H13N/c1-2-7(3-4-7)6-8-5-1/h8H,1-6H2. The van der Waals surface area contributed by atoms with Crippen LogP contribution in [0.25, 0.3) is 0 Å². The summed E-state index contributed by atoms with van der Waals surface area (Å²) < 4.78 is 0. The van der Waals surface area contributed by atoms with Crippen LogP contribution < -0.4 is 5.32 Å². The fourth-order valence-corrected chi connectivity index (χ4v) is 1.63. The Labute approximate surface area is 50.5 Å². The van der Waals surface area contributed by atoms with Gasteiger partial charge in [0.25, 0.3) is 0 Å². The summed E-state index contributed by atoms with van der Waals surface area (Å²) in [6, 6.07) is 0. The molecule has 1 nitrogen and oxygen atoms in total. The molecule has 2 aliphatic rings. The van der Waals surface area contributed by atoms with Crippen LogP contribution >= 0.6 is 0 Å². The van der Waals surface area contributed by atoms with Crippen molar-refractivity contribution < 1.29 is 0 Å². The molecule has 2 rings (SSSR count). The zero-order chi connectivity index (χ0) is 5.45. The molecule has 46 valence electrons.